The predicted octanol–water partition coefficient (Wildman–Crippen LogP) is 1.97. The second-order valence-electron chi connectivity index (χ2n) is 3.38. The van der Waals surface area contributed by atoms with E-state index in [9.17, 15) is 4.79 Å². The molecule has 0 aliphatic heterocycles. The van der Waals surface area contributed by atoms with Crippen LogP contribution in [0.15, 0.2) is 0 Å². The van der Waals surface area contributed by atoms with Crippen LogP contribution in [-0.2, 0) is 4.79 Å². The maximum atomic E-state index is 10.5. The van der Waals surface area contributed by atoms with Gasteiger partial charge in [-0.15, -0.1) is 0 Å². The molecule has 78 valence electrons. The van der Waals surface area contributed by atoms with E-state index >= 15 is 0 Å². The Morgan fingerprint density at radius 1 is 1.15 bits per heavy atom. The molecule has 0 saturated heterocycles. The summed E-state index contributed by atoms with van der Waals surface area (Å²) in [6.45, 7) is 6.25. The standard InChI is InChI=1S/C10H21NO2/c1-3-5-6-8-11(7-4-2)9-10(12)13/h3-9H2,1-2H3,(H,12,13). The predicted molar refractivity (Wildman–Crippen MR) is 53.9 cm³/mol. The molecule has 0 spiro atoms. The van der Waals surface area contributed by atoms with Gasteiger partial charge in [-0.2, -0.15) is 0 Å². The fourth-order valence-electron chi connectivity index (χ4n) is 1.36. The van der Waals surface area contributed by atoms with E-state index in [-0.39, 0.29) is 6.54 Å². The van der Waals surface area contributed by atoms with Crippen molar-refractivity contribution in [3.8, 4) is 0 Å². The Balaban J connectivity index is 3.59. The highest BCUT2D eigenvalue weighted by Crippen LogP contribution is 1.99. The molecule has 0 unspecified atom stereocenters. The molecule has 13 heavy (non-hydrogen) atoms. The first-order chi connectivity index (χ1) is 6.20. The van der Waals surface area contributed by atoms with E-state index < -0.39 is 5.97 Å². The van der Waals surface area contributed by atoms with Crippen LogP contribution in [0.2, 0.25) is 0 Å². The van der Waals surface area contributed by atoms with Crippen LogP contribution in [0.3, 0.4) is 0 Å². The van der Waals surface area contributed by atoms with Crippen LogP contribution in [0.5, 0.6) is 0 Å². The quantitative estimate of drug-likeness (QED) is 0.591. The van der Waals surface area contributed by atoms with Crippen LogP contribution < -0.4 is 0 Å². The Kier molecular flexibility index (Phi) is 7.69. The highest BCUT2D eigenvalue weighted by Gasteiger charge is 2.07. The third-order valence-electron chi connectivity index (χ3n) is 1.98. The first-order valence-corrected chi connectivity index (χ1v) is 5.14. The summed E-state index contributed by atoms with van der Waals surface area (Å²) in [6.07, 6.45) is 4.52. The first kappa shape index (κ1) is 12.4. The molecule has 0 aliphatic carbocycles. The molecule has 0 aromatic rings. The fourth-order valence-corrected chi connectivity index (χ4v) is 1.36. The minimum atomic E-state index is -0.718. The molecular formula is C10H21NO2. The summed E-state index contributed by atoms with van der Waals surface area (Å²) in [4.78, 5) is 12.5. The van der Waals surface area contributed by atoms with Gasteiger partial charge in [0.15, 0.2) is 0 Å². The molecular weight excluding hydrogens is 166 g/mol. The zero-order valence-electron chi connectivity index (χ0n) is 8.75. The number of carbonyl (C=O) groups is 1. The van der Waals surface area contributed by atoms with Crippen LogP contribution in [0, 0.1) is 0 Å². The number of aliphatic carboxylic acids is 1. The summed E-state index contributed by atoms with van der Waals surface area (Å²) in [5.74, 6) is -0.718. The highest BCUT2D eigenvalue weighted by atomic mass is 16.4. The molecule has 1 N–H and O–H groups in total. The second-order valence-corrected chi connectivity index (χ2v) is 3.38. The lowest BCUT2D eigenvalue weighted by Crippen LogP contribution is -2.31. The third-order valence-corrected chi connectivity index (χ3v) is 1.98. The third kappa shape index (κ3) is 7.78. The molecule has 0 fully saturated rings. The van der Waals surface area contributed by atoms with E-state index in [0.717, 1.165) is 25.9 Å². The van der Waals surface area contributed by atoms with E-state index in [1.54, 1.807) is 0 Å². The van der Waals surface area contributed by atoms with Crippen LogP contribution >= 0.6 is 0 Å². The molecule has 0 aromatic carbocycles. The molecule has 3 nitrogen and oxygen atoms in total. The summed E-state index contributed by atoms with van der Waals surface area (Å²) in [6, 6.07) is 0. The minimum absolute atomic E-state index is 0.192. The van der Waals surface area contributed by atoms with E-state index in [1.807, 2.05) is 4.90 Å². The van der Waals surface area contributed by atoms with Gasteiger partial charge in [0, 0.05) is 0 Å². The van der Waals surface area contributed by atoms with Crippen molar-refractivity contribution in [1.82, 2.24) is 4.90 Å². The van der Waals surface area contributed by atoms with Crippen molar-refractivity contribution in [2.24, 2.45) is 0 Å². The van der Waals surface area contributed by atoms with Crippen molar-refractivity contribution in [3.05, 3.63) is 0 Å². The first-order valence-electron chi connectivity index (χ1n) is 5.14. The van der Waals surface area contributed by atoms with Crippen LogP contribution in [0.25, 0.3) is 0 Å². The Labute approximate surface area is 80.7 Å². The van der Waals surface area contributed by atoms with Crippen LogP contribution in [-0.4, -0.2) is 35.6 Å². The average Bonchev–Trinajstić information content (AvgIpc) is 2.04. The number of hydrogen-bond donors (Lipinski definition) is 1. The molecule has 3 heteroatoms. The van der Waals surface area contributed by atoms with Gasteiger partial charge in [0.1, 0.15) is 0 Å². The Hall–Kier alpha value is -0.570. The zero-order chi connectivity index (χ0) is 10.1. The molecule has 0 rings (SSSR count). The highest BCUT2D eigenvalue weighted by molar-refractivity contribution is 5.69. The summed E-state index contributed by atoms with van der Waals surface area (Å²) in [5.41, 5.74) is 0. The number of rotatable bonds is 8. The van der Waals surface area contributed by atoms with Gasteiger partial charge in [-0.3, -0.25) is 9.69 Å². The topological polar surface area (TPSA) is 40.5 Å². The Morgan fingerprint density at radius 3 is 2.31 bits per heavy atom. The molecule has 0 amide bonds. The van der Waals surface area contributed by atoms with E-state index in [4.69, 9.17) is 5.11 Å². The van der Waals surface area contributed by atoms with Gasteiger partial charge in [0.25, 0.3) is 0 Å². The lowest BCUT2D eigenvalue weighted by Gasteiger charge is -2.18. The van der Waals surface area contributed by atoms with Crippen LogP contribution in [0.4, 0.5) is 0 Å². The molecule has 0 radical (unpaired) electrons. The molecule has 0 saturated carbocycles. The van der Waals surface area contributed by atoms with Gasteiger partial charge in [-0.05, 0) is 25.9 Å². The van der Waals surface area contributed by atoms with Crippen molar-refractivity contribution in [1.29, 1.82) is 0 Å². The Bertz CT molecular complexity index is 137. The summed E-state index contributed by atoms with van der Waals surface area (Å²) in [7, 11) is 0. The van der Waals surface area contributed by atoms with Crippen molar-refractivity contribution in [2.75, 3.05) is 19.6 Å². The van der Waals surface area contributed by atoms with E-state index in [0.29, 0.717) is 0 Å². The lowest BCUT2D eigenvalue weighted by atomic mass is 10.2. The second kappa shape index (κ2) is 8.05. The van der Waals surface area contributed by atoms with Gasteiger partial charge in [0.2, 0.25) is 0 Å². The minimum Gasteiger partial charge on any atom is -0.480 e. The Morgan fingerprint density at radius 2 is 1.85 bits per heavy atom. The molecule has 0 heterocycles. The SMILES string of the molecule is CCCCCN(CCC)CC(=O)O. The van der Waals surface area contributed by atoms with Crippen molar-refractivity contribution >= 4 is 5.97 Å². The maximum absolute atomic E-state index is 10.5. The number of nitrogens with zero attached hydrogens (tertiary/aromatic N) is 1. The average molecular weight is 187 g/mol. The van der Waals surface area contributed by atoms with Gasteiger partial charge < -0.3 is 5.11 Å². The van der Waals surface area contributed by atoms with Gasteiger partial charge in [0.05, 0.1) is 6.54 Å². The van der Waals surface area contributed by atoms with Gasteiger partial charge in [-0.1, -0.05) is 26.7 Å². The molecule has 0 aromatic heterocycles. The normalized spacial score (nSPS) is 10.7. The smallest absolute Gasteiger partial charge is 0.317 e. The van der Waals surface area contributed by atoms with E-state index in [1.165, 1.54) is 12.8 Å². The van der Waals surface area contributed by atoms with Gasteiger partial charge >= 0.3 is 5.97 Å². The van der Waals surface area contributed by atoms with Crippen molar-refractivity contribution < 1.29 is 9.90 Å². The number of unbranched alkanes of at least 4 members (excludes halogenated alkanes) is 2. The molecule has 0 aliphatic rings. The molecule has 0 atom stereocenters. The monoisotopic (exact) mass is 187 g/mol. The van der Waals surface area contributed by atoms with E-state index in [2.05, 4.69) is 13.8 Å². The van der Waals surface area contributed by atoms with Gasteiger partial charge in [-0.25, -0.2) is 0 Å². The van der Waals surface area contributed by atoms with Crippen molar-refractivity contribution in [3.63, 3.8) is 0 Å². The number of hydrogen-bond acceptors (Lipinski definition) is 2. The number of carboxylic acids is 1. The molecule has 0 bridgehead atoms. The largest absolute Gasteiger partial charge is 0.480 e. The summed E-state index contributed by atoms with van der Waals surface area (Å²) >= 11 is 0. The van der Waals surface area contributed by atoms with Crippen molar-refractivity contribution in [2.45, 2.75) is 39.5 Å². The zero-order valence-corrected chi connectivity index (χ0v) is 8.75. The number of carboxylic acid groups (broad SMARTS) is 1. The lowest BCUT2D eigenvalue weighted by molar-refractivity contribution is -0.138. The summed E-state index contributed by atoms with van der Waals surface area (Å²) < 4.78 is 0. The fraction of sp³-hybridized carbons (Fsp3) is 0.900. The van der Waals surface area contributed by atoms with Crippen LogP contribution in [0.1, 0.15) is 39.5 Å². The summed E-state index contributed by atoms with van der Waals surface area (Å²) in [5, 5.41) is 8.63. The maximum Gasteiger partial charge on any atom is 0.317 e.